The summed E-state index contributed by atoms with van der Waals surface area (Å²) < 4.78 is 8.20. The van der Waals surface area contributed by atoms with Gasteiger partial charge in [0.1, 0.15) is 5.76 Å². The number of hydrogen-bond acceptors (Lipinski definition) is 2. The number of hydrogen-bond donors (Lipinski definition) is 1. The average molecular weight is 424 g/mol. The highest BCUT2D eigenvalue weighted by Crippen LogP contribution is 2.28. The Morgan fingerprint density at radius 1 is 1.12 bits per heavy atom. The number of furan rings is 1. The zero-order valence-electron chi connectivity index (χ0n) is 9.06. The second kappa shape index (κ2) is 5.59. The van der Waals surface area contributed by atoms with Crippen LogP contribution in [0.3, 0.4) is 0 Å². The van der Waals surface area contributed by atoms with Crippen molar-refractivity contribution in [2.45, 2.75) is 13.5 Å². The molecule has 0 aliphatic carbocycles. The molecule has 5 heteroatoms. The van der Waals surface area contributed by atoms with E-state index in [1.54, 1.807) is 0 Å². The van der Waals surface area contributed by atoms with Crippen molar-refractivity contribution < 1.29 is 4.42 Å². The lowest BCUT2D eigenvalue weighted by molar-refractivity contribution is 0.494. The summed E-state index contributed by atoms with van der Waals surface area (Å²) in [6.45, 7) is 2.71. The molecule has 0 radical (unpaired) electrons. The Morgan fingerprint density at radius 3 is 2.53 bits per heavy atom. The molecular formula is C12H10Br3NO. The first-order valence-electron chi connectivity index (χ1n) is 5.00. The van der Waals surface area contributed by atoms with E-state index in [0.29, 0.717) is 6.54 Å². The predicted molar refractivity (Wildman–Crippen MR) is 80.3 cm³/mol. The van der Waals surface area contributed by atoms with Crippen LogP contribution >= 0.6 is 47.8 Å². The normalized spacial score (nSPS) is 10.6. The first kappa shape index (κ1) is 13.2. The molecule has 0 aliphatic rings. The fraction of sp³-hybridized carbons (Fsp3) is 0.167. The second-order valence-electron chi connectivity index (χ2n) is 3.67. The Hall–Kier alpha value is -0.260. The summed E-state index contributed by atoms with van der Waals surface area (Å²) in [7, 11) is 0. The quantitative estimate of drug-likeness (QED) is 0.706. The predicted octanol–water partition coefficient (Wildman–Crippen LogP) is 5.49. The molecule has 0 amide bonds. The first-order valence-corrected chi connectivity index (χ1v) is 7.38. The van der Waals surface area contributed by atoms with Gasteiger partial charge in [-0.2, -0.15) is 0 Å². The van der Waals surface area contributed by atoms with E-state index in [-0.39, 0.29) is 0 Å². The zero-order chi connectivity index (χ0) is 12.4. The molecule has 0 aliphatic heterocycles. The van der Waals surface area contributed by atoms with Crippen molar-refractivity contribution in [1.29, 1.82) is 0 Å². The summed E-state index contributed by atoms with van der Waals surface area (Å²) in [4.78, 5) is 0. The maximum atomic E-state index is 5.50. The van der Waals surface area contributed by atoms with E-state index < -0.39 is 0 Å². The average Bonchev–Trinajstić information content (AvgIpc) is 2.60. The highest BCUT2D eigenvalue weighted by atomic mass is 79.9. The van der Waals surface area contributed by atoms with Crippen molar-refractivity contribution in [2.24, 2.45) is 0 Å². The molecule has 1 aromatic heterocycles. The number of rotatable bonds is 3. The minimum Gasteiger partial charge on any atom is -0.451 e. The van der Waals surface area contributed by atoms with Gasteiger partial charge in [-0.15, -0.1) is 0 Å². The molecule has 1 aromatic carbocycles. The van der Waals surface area contributed by atoms with Crippen LogP contribution in [0.25, 0.3) is 0 Å². The van der Waals surface area contributed by atoms with Crippen molar-refractivity contribution >= 4 is 53.5 Å². The van der Waals surface area contributed by atoms with Crippen molar-refractivity contribution in [1.82, 2.24) is 0 Å². The van der Waals surface area contributed by atoms with Crippen LogP contribution in [0.5, 0.6) is 0 Å². The molecule has 17 heavy (non-hydrogen) atoms. The SMILES string of the molecule is Cc1ccc(Br)c(NCc2cc(Br)c(Br)o2)c1. The van der Waals surface area contributed by atoms with Gasteiger partial charge in [-0.05, 0) is 78.5 Å². The highest BCUT2D eigenvalue weighted by Gasteiger charge is 2.06. The maximum absolute atomic E-state index is 5.50. The Balaban J connectivity index is 2.09. The molecule has 0 spiro atoms. The van der Waals surface area contributed by atoms with E-state index in [1.165, 1.54) is 5.56 Å². The third kappa shape index (κ3) is 3.36. The van der Waals surface area contributed by atoms with Crippen molar-refractivity contribution in [2.75, 3.05) is 5.32 Å². The van der Waals surface area contributed by atoms with E-state index in [0.717, 1.165) is 25.1 Å². The Morgan fingerprint density at radius 2 is 1.88 bits per heavy atom. The molecule has 90 valence electrons. The van der Waals surface area contributed by atoms with Crippen molar-refractivity contribution in [3.63, 3.8) is 0 Å². The van der Waals surface area contributed by atoms with Gasteiger partial charge in [0.25, 0.3) is 0 Å². The lowest BCUT2D eigenvalue weighted by Crippen LogP contribution is -1.99. The number of halogens is 3. The van der Waals surface area contributed by atoms with Crippen LogP contribution < -0.4 is 5.32 Å². The lowest BCUT2D eigenvalue weighted by Gasteiger charge is -2.07. The summed E-state index contributed by atoms with van der Waals surface area (Å²) in [6, 6.07) is 8.14. The summed E-state index contributed by atoms with van der Waals surface area (Å²) in [6.07, 6.45) is 0. The molecule has 0 unspecified atom stereocenters. The van der Waals surface area contributed by atoms with Gasteiger partial charge in [0, 0.05) is 10.2 Å². The van der Waals surface area contributed by atoms with Gasteiger partial charge in [0.2, 0.25) is 0 Å². The summed E-state index contributed by atoms with van der Waals surface area (Å²) in [5, 5.41) is 3.33. The highest BCUT2D eigenvalue weighted by molar-refractivity contribution is 9.13. The zero-order valence-corrected chi connectivity index (χ0v) is 13.8. The smallest absolute Gasteiger partial charge is 0.183 e. The molecule has 0 bridgehead atoms. The number of nitrogens with one attached hydrogen (secondary N) is 1. The Labute approximate surface area is 125 Å². The monoisotopic (exact) mass is 421 g/mol. The van der Waals surface area contributed by atoms with Gasteiger partial charge in [-0.1, -0.05) is 6.07 Å². The van der Waals surface area contributed by atoms with Gasteiger partial charge >= 0.3 is 0 Å². The summed E-state index contributed by atoms with van der Waals surface area (Å²) in [5.41, 5.74) is 2.28. The van der Waals surface area contributed by atoms with Crippen molar-refractivity contribution in [3.8, 4) is 0 Å². The maximum Gasteiger partial charge on any atom is 0.183 e. The van der Waals surface area contributed by atoms with Crippen LogP contribution in [0.4, 0.5) is 5.69 Å². The third-order valence-electron chi connectivity index (χ3n) is 2.27. The molecule has 2 aromatic rings. The summed E-state index contributed by atoms with van der Waals surface area (Å²) in [5.74, 6) is 0.872. The van der Waals surface area contributed by atoms with E-state index >= 15 is 0 Å². The molecule has 2 nitrogen and oxygen atoms in total. The standard InChI is InChI=1S/C12H10Br3NO/c1-7-2-3-9(13)11(4-7)16-6-8-5-10(14)12(15)17-8/h2-5,16H,6H2,1H3. The largest absolute Gasteiger partial charge is 0.451 e. The Bertz CT molecular complexity index is 517. The fourth-order valence-electron chi connectivity index (χ4n) is 1.44. The van der Waals surface area contributed by atoms with Gasteiger partial charge in [0.05, 0.1) is 11.0 Å². The van der Waals surface area contributed by atoms with E-state index in [9.17, 15) is 0 Å². The lowest BCUT2D eigenvalue weighted by atomic mass is 10.2. The number of aryl methyl sites for hydroxylation is 1. The minimum absolute atomic E-state index is 0.645. The third-order valence-corrected chi connectivity index (χ3v) is 4.67. The van der Waals surface area contributed by atoms with E-state index in [1.807, 2.05) is 12.1 Å². The first-order chi connectivity index (χ1) is 8.06. The Kier molecular flexibility index (Phi) is 4.33. The molecule has 2 rings (SSSR count). The fourth-order valence-corrected chi connectivity index (χ4v) is 2.48. The summed E-state index contributed by atoms with van der Waals surface area (Å²) >= 11 is 10.2. The topological polar surface area (TPSA) is 25.2 Å². The number of benzene rings is 1. The molecule has 1 N–H and O–H groups in total. The van der Waals surface area contributed by atoms with E-state index in [4.69, 9.17) is 4.42 Å². The van der Waals surface area contributed by atoms with Gasteiger partial charge in [0.15, 0.2) is 4.67 Å². The van der Waals surface area contributed by atoms with Crippen molar-refractivity contribution in [3.05, 3.63) is 49.2 Å². The van der Waals surface area contributed by atoms with Crippen LogP contribution in [0.1, 0.15) is 11.3 Å². The molecule has 0 saturated heterocycles. The van der Waals surface area contributed by atoms with Crippen LogP contribution in [0, 0.1) is 6.92 Å². The van der Waals surface area contributed by atoms with E-state index in [2.05, 4.69) is 72.2 Å². The van der Waals surface area contributed by atoms with Gasteiger partial charge in [-0.3, -0.25) is 0 Å². The van der Waals surface area contributed by atoms with Crippen LogP contribution in [-0.2, 0) is 6.54 Å². The molecule has 0 atom stereocenters. The molecule has 0 fully saturated rings. The minimum atomic E-state index is 0.645. The van der Waals surface area contributed by atoms with Crippen LogP contribution in [-0.4, -0.2) is 0 Å². The van der Waals surface area contributed by atoms with Gasteiger partial charge in [-0.25, -0.2) is 0 Å². The molecular weight excluding hydrogens is 414 g/mol. The molecule has 1 heterocycles. The van der Waals surface area contributed by atoms with Crippen LogP contribution in [0.2, 0.25) is 0 Å². The second-order valence-corrected chi connectivity index (χ2v) is 6.10. The molecule has 0 saturated carbocycles. The number of anilines is 1. The van der Waals surface area contributed by atoms with Gasteiger partial charge < -0.3 is 9.73 Å². The van der Waals surface area contributed by atoms with Crippen LogP contribution in [0.15, 0.2) is 42.3 Å².